The third-order valence-corrected chi connectivity index (χ3v) is 2.45. The van der Waals surface area contributed by atoms with Gasteiger partial charge in [-0.1, -0.05) is 30.3 Å². The minimum Gasteiger partial charge on any atom is -0.265 e. The number of benzene rings is 1. The van der Waals surface area contributed by atoms with Crippen molar-refractivity contribution in [2.45, 2.75) is 6.42 Å². The zero-order valence-electron chi connectivity index (χ0n) is 8.83. The van der Waals surface area contributed by atoms with Gasteiger partial charge >= 0.3 is 5.69 Å². The van der Waals surface area contributed by atoms with E-state index < -0.39 is 4.92 Å². The van der Waals surface area contributed by atoms with Crippen LogP contribution in [0.4, 0.5) is 5.69 Å². The van der Waals surface area contributed by atoms with Crippen molar-refractivity contribution in [1.82, 2.24) is 9.78 Å². The van der Waals surface area contributed by atoms with Gasteiger partial charge in [-0.3, -0.25) is 14.8 Å². The Morgan fingerprint density at radius 1 is 1.38 bits per heavy atom. The average Bonchev–Trinajstić information content (AvgIpc) is 2.62. The van der Waals surface area contributed by atoms with E-state index in [9.17, 15) is 10.1 Å². The van der Waals surface area contributed by atoms with Crippen LogP contribution in [0, 0.1) is 10.1 Å². The second kappa shape index (κ2) is 4.14. The van der Waals surface area contributed by atoms with Crippen LogP contribution in [0.5, 0.6) is 0 Å². The van der Waals surface area contributed by atoms with Gasteiger partial charge in [0, 0.05) is 13.5 Å². The van der Waals surface area contributed by atoms with Crippen molar-refractivity contribution in [3.05, 3.63) is 57.9 Å². The Bertz CT molecular complexity index is 505. The standard InChI is InChI=1S/C11H11N3O2/c1-13-10(11(8-12-13)14(15)16)7-9-5-3-2-4-6-9/h2-6,8H,7H2,1H3. The first-order valence-corrected chi connectivity index (χ1v) is 4.87. The maximum absolute atomic E-state index is 10.8. The Kier molecular flexibility index (Phi) is 2.68. The summed E-state index contributed by atoms with van der Waals surface area (Å²) in [4.78, 5) is 10.4. The van der Waals surface area contributed by atoms with Crippen LogP contribution in [0.2, 0.25) is 0 Å². The van der Waals surface area contributed by atoms with E-state index in [1.807, 2.05) is 30.3 Å². The molecule has 0 aliphatic heterocycles. The first-order valence-electron chi connectivity index (χ1n) is 4.87. The van der Waals surface area contributed by atoms with Gasteiger partial charge in [-0.15, -0.1) is 0 Å². The van der Waals surface area contributed by atoms with Crippen molar-refractivity contribution in [3.8, 4) is 0 Å². The summed E-state index contributed by atoms with van der Waals surface area (Å²) in [5, 5.41) is 14.7. The van der Waals surface area contributed by atoms with Gasteiger partial charge in [0.15, 0.2) is 0 Å². The highest BCUT2D eigenvalue weighted by molar-refractivity contribution is 5.36. The van der Waals surface area contributed by atoms with E-state index in [2.05, 4.69) is 5.10 Å². The Hall–Kier alpha value is -2.17. The van der Waals surface area contributed by atoms with Crippen molar-refractivity contribution in [3.63, 3.8) is 0 Å². The number of nitro groups is 1. The first kappa shape index (κ1) is 10.4. The molecule has 0 saturated carbocycles. The molecule has 0 fully saturated rings. The van der Waals surface area contributed by atoms with E-state index in [-0.39, 0.29) is 5.69 Å². The predicted octanol–water partition coefficient (Wildman–Crippen LogP) is 1.92. The molecule has 1 heterocycles. The lowest BCUT2D eigenvalue weighted by molar-refractivity contribution is -0.385. The average molecular weight is 217 g/mol. The lowest BCUT2D eigenvalue weighted by Gasteiger charge is -2.01. The summed E-state index contributed by atoms with van der Waals surface area (Å²) in [6, 6.07) is 9.63. The zero-order valence-corrected chi connectivity index (χ0v) is 8.83. The molecule has 1 aromatic heterocycles. The highest BCUT2D eigenvalue weighted by Gasteiger charge is 2.18. The van der Waals surface area contributed by atoms with Crippen LogP contribution in [0.3, 0.4) is 0 Å². The van der Waals surface area contributed by atoms with Crippen molar-refractivity contribution >= 4 is 5.69 Å². The molecule has 0 spiro atoms. The number of rotatable bonds is 3. The molecule has 0 aliphatic carbocycles. The largest absolute Gasteiger partial charge is 0.310 e. The molecular weight excluding hydrogens is 206 g/mol. The Morgan fingerprint density at radius 2 is 2.06 bits per heavy atom. The van der Waals surface area contributed by atoms with E-state index in [0.29, 0.717) is 12.1 Å². The monoisotopic (exact) mass is 217 g/mol. The summed E-state index contributed by atoms with van der Waals surface area (Å²) in [6.07, 6.45) is 1.81. The molecule has 1 aromatic carbocycles. The van der Waals surface area contributed by atoms with Crippen LogP contribution in [-0.4, -0.2) is 14.7 Å². The highest BCUT2D eigenvalue weighted by atomic mass is 16.6. The van der Waals surface area contributed by atoms with E-state index >= 15 is 0 Å². The molecule has 0 N–H and O–H groups in total. The predicted molar refractivity (Wildman–Crippen MR) is 59.1 cm³/mol. The van der Waals surface area contributed by atoms with E-state index in [1.54, 1.807) is 11.7 Å². The van der Waals surface area contributed by atoms with Crippen LogP contribution in [0.15, 0.2) is 36.5 Å². The van der Waals surface area contributed by atoms with E-state index in [0.717, 1.165) is 5.56 Å². The number of aromatic nitrogens is 2. The number of hydrogen-bond acceptors (Lipinski definition) is 3. The van der Waals surface area contributed by atoms with Gasteiger partial charge < -0.3 is 0 Å². The molecular formula is C11H11N3O2. The van der Waals surface area contributed by atoms with Gasteiger partial charge in [-0.25, -0.2) is 0 Å². The van der Waals surface area contributed by atoms with Crippen LogP contribution < -0.4 is 0 Å². The van der Waals surface area contributed by atoms with Crippen molar-refractivity contribution in [1.29, 1.82) is 0 Å². The lowest BCUT2D eigenvalue weighted by atomic mass is 10.1. The minimum atomic E-state index is -0.398. The Balaban J connectivity index is 2.34. The second-order valence-electron chi connectivity index (χ2n) is 3.52. The fraction of sp³-hybridized carbons (Fsp3) is 0.182. The Morgan fingerprint density at radius 3 is 2.69 bits per heavy atom. The third-order valence-electron chi connectivity index (χ3n) is 2.45. The topological polar surface area (TPSA) is 61.0 Å². The van der Waals surface area contributed by atoms with Gasteiger partial charge in [0.05, 0.1) is 4.92 Å². The maximum Gasteiger partial charge on any atom is 0.310 e. The molecule has 0 unspecified atom stereocenters. The summed E-state index contributed by atoms with van der Waals surface area (Å²) in [6.45, 7) is 0. The van der Waals surface area contributed by atoms with E-state index in [1.165, 1.54) is 6.20 Å². The van der Waals surface area contributed by atoms with Gasteiger partial charge in [0.2, 0.25) is 0 Å². The normalized spacial score (nSPS) is 10.3. The molecule has 0 bridgehead atoms. The maximum atomic E-state index is 10.8. The lowest BCUT2D eigenvalue weighted by Crippen LogP contribution is -2.01. The molecule has 2 rings (SSSR count). The van der Waals surface area contributed by atoms with Gasteiger partial charge in [-0.05, 0) is 5.56 Å². The third kappa shape index (κ3) is 1.93. The molecule has 0 atom stereocenters. The number of nitrogens with zero attached hydrogens (tertiary/aromatic N) is 3. The van der Waals surface area contributed by atoms with Gasteiger partial charge in [0.25, 0.3) is 0 Å². The van der Waals surface area contributed by atoms with E-state index in [4.69, 9.17) is 0 Å². The summed E-state index contributed by atoms with van der Waals surface area (Å²) >= 11 is 0. The number of hydrogen-bond donors (Lipinski definition) is 0. The molecule has 2 aromatic rings. The molecule has 5 heteroatoms. The van der Waals surface area contributed by atoms with Crippen molar-refractivity contribution in [2.75, 3.05) is 0 Å². The molecule has 82 valence electrons. The van der Waals surface area contributed by atoms with Crippen LogP contribution in [0.25, 0.3) is 0 Å². The second-order valence-corrected chi connectivity index (χ2v) is 3.52. The Labute approximate surface area is 92.5 Å². The quantitative estimate of drug-likeness (QED) is 0.582. The molecule has 5 nitrogen and oxygen atoms in total. The first-order chi connectivity index (χ1) is 7.68. The van der Waals surface area contributed by atoms with Crippen LogP contribution >= 0.6 is 0 Å². The number of aryl methyl sites for hydroxylation is 1. The molecule has 0 aliphatic rings. The zero-order chi connectivity index (χ0) is 11.5. The van der Waals surface area contributed by atoms with Crippen molar-refractivity contribution < 1.29 is 4.92 Å². The molecule has 16 heavy (non-hydrogen) atoms. The fourth-order valence-electron chi connectivity index (χ4n) is 1.60. The molecule has 0 radical (unpaired) electrons. The van der Waals surface area contributed by atoms with Crippen LogP contribution in [-0.2, 0) is 13.5 Å². The SMILES string of the molecule is Cn1ncc([N+](=O)[O-])c1Cc1ccccc1. The summed E-state index contributed by atoms with van der Waals surface area (Å²) in [7, 11) is 1.71. The summed E-state index contributed by atoms with van der Waals surface area (Å²) < 4.78 is 1.55. The summed E-state index contributed by atoms with van der Waals surface area (Å²) in [5.74, 6) is 0. The molecule has 0 saturated heterocycles. The molecule has 0 amide bonds. The smallest absolute Gasteiger partial charge is 0.265 e. The minimum absolute atomic E-state index is 0.0753. The highest BCUT2D eigenvalue weighted by Crippen LogP contribution is 2.20. The fourth-order valence-corrected chi connectivity index (χ4v) is 1.60. The van der Waals surface area contributed by atoms with Crippen LogP contribution in [0.1, 0.15) is 11.3 Å². The van der Waals surface area contributed by atoms with Gasteiger partial charge in [0.1, 0.15) is 11.9 Å². The van der Waals surface area contributed by atoms with Gasteiger partial charge in [-0.2, -0.15) is 5.10 Å². The van der Waals surface area contributed by atoms with Crippen molar-refractivity contribution in [2.24, 2.45) is 7.05 Å². The summed E-state index contributed by atoms with van der Waals surface area (Å²) in [5.41, 5.74) is 1.73.